The van der Waals surface area contributed by atoms with Gasteiger partial charge in [-0.25, -0.2) is 15.0 Å². The molecule has 1 aliphatic heterocycles. The number of benzene rings is 3. The topological polar surface area (TPSA) is 69.7 Å². The van der Waals surface area contributed by atoms with Crippen molar-refractivity contribution in [1.29, 1.82) is 0 Å². The van der Waals surface area contributed by atoms with Gasteiger partial charge in [0.25, 0.3) is 0 Å². The zero-order valence-corrected chi connectivity index (χ0v) is 20.9. The van der Waals surface area contributed by atoms with Gasteiger partial charge in [0.1, 0.15) is 5.82 Å². The van der Waals surface area contributed by atoms with Crippen LogP contribution in [0.5, 0.6) is 0 Å². The Labute approximate surface area is 217 Å². The number of aryl methyl sites for hydroxylation is 1. The van der Waals surface area contributed by atoms with Gasteiger partial charge in [-0.1, -0.05) is 18.2 Å². The van der Waals surface area contributed by atoms with E-state index in [1.807, 2.05) is 43.5 Å². The van der Waals surface area contributed by atoms with Gasteiger partial charge in [-0.2, -0.15) is 13.2 Å². The molecule has 194 valence electrons. The summed E-state index contributed by atoms with van der Waals surface area (Å²) < 4.78 is 39.4. The van der Waals surface area contributed by atoms with E-state index >= 15 is 0 Å². The number of fused-ring (bicyclic) bond motifs is 2. The molecular weight excluding hydrogens is 489 g/mol. The number of aromatic amines is 1. The fraction of sp³-hybridized carbons (Fsp3) is 0.276. The van der Waals surface area contributed by atoms with Crippen molar-refractivity contribution in [3.05, 3.63) is 71.9 Å². The number of hydrogen-bond acceptors (Lipinski definition) is 5. The molecule has 3 heterocycles. The number of imidazole rings is 1. The van der Waals surface area contributed by atoms with Crippen molar-refractivity contribution in [2.24, 2.45) is 0 Å². The highest BCUT2D eigenvalue weighted by Gasteiger charge is 2.30. The first-order valence-corrected chi connectivity index (χ1v) is 12.7. The third-order valence-electron chi connectivity index (χ3n) is 7.12. The minimum Gasteiger partial charge on any atom is -0.353 e. The van der Waals surface area contributed by atoms with E-state index in [9.17, 15) is 13.2 Å². The average molecular weight is 517 g/mol. The van der Waals surface area contributed by atoms with Crippen LogP contribution in [0.3, 0.4) is 0 Å². The number of nitrogens with one attached hydrogen (secondary N) is 2. The molecule has 1 fully saturated rings. The van der Waals surface area contributed by atoms with Crippen LogP contribution in [0, 0.1) is 6.92 Å². The lowest BCUT2D eigenvalue weighted by Gasteiger charge is -2.14. The van der Waals surface area contributed by atoms with Gasteiger partial charge in [-0.15, -0.1) is 0 Å². The summed E-state index contributed by atoms with van der Waals surface area (Å²) in [6, 6.07) is 15.6. The summed E-state index contributed by atoms with van der Waals surface area (Å²) in [6.07, 6.45) is -0.0159. The Kier molecular flexibility index (Phi) is 6.23. The van der Waals surface area contributed by atoms with Crippen molar-refractivity contribution < 1.29 is 13.2 Å². The lowest BCUT2D eigenvalue weighted by atomic mass is 9.97. The summed E-state index contributed by atoms with van der Waals surface area (Å²) in [7, 11) is 0. The highest BCUT2D eigenvalue weighted by atomic mass is 19.4. The molecule has 0 radical (unpaired) electrons. The van der Waals surface area contributed by atoms with Crippen LogP contribution in [0.15, 0.2) is 60.8 Å². The number of halogens is 3. The molecule has 6 rings (SSSR count). The van der Waals surface area contributed by atoms with Gasteiger partial charge >= 0.3 is 6.18 Å². The number of nitrogens with zero attached hydrogens (tertiary/aromatic N) is 4. The Morgan fingerprint density at radius 1 is 0.921 bits per heavy atom. The molecule has 0 saturated carbocycles. The predicted molar refractivity (Wildman–Crippen MR) is 144 cm³/mol. The first kappa shape index (κ1) is 24.4. The highest BCUT2D eigenvalue weighted by Crippen LogP contribution is 2.33. The quantitative estimate of drug-likeness (QED) is 0.264. The van der Waals surface area contributed by atoms with Crippen LogP contribution in [-0.4, -0.2) is 51.0 Å². The highest BCUT2D eigenvalue weighted by molar-refractivity contribution is 5.87. The number of anilines is 1. The van der Waals surface area contributed by atoms with Crippen molar-refractivity contribution in [3.63, 3.8) is 0 Å². The summed E-state index contributed by atoms with van der Waals surface area (Å²) >= 11 is 0. The van der Waals surface area contributed by atoms with Crippen LogP contribution >= 0.6 is 0 Å². The van der Waals surface area contributed by atoms with Crippen LogP contribution in [-0.2, 0) is 6.18 Å². The van der Waals surface area contributed by atoms with Crippen LogP contribution in [0.2, 0.25) is 0 Å². The molecule has 0 unspecified atom stereocenters. The number of aromatic nitrogens is 4. The molecule has 1 aliphatic rings. The van der Waals surface area contributed by atoms with Crippen molar-refractivity contribution in [1.82, 2.24) is 24.8 Å². The smallest absolute Gasteiger partial charge is 0.353 e. The average Bonchev–Trinajstić information content (AvgIpc) is 3.58. The number of rotatable bonds is 6. The molecule has 9 heteroatoms. The molecule has 38 heavy (non-hydrogen) atoms. The fourth-order valence-electron chi connectivity index (χ4n) is 5.02. The Balaban J connectivity index is 1.25. The third kappa shape index (κ3) is 4.93. The zero-order chi connectivity index (χ0) is 26.3. The maximum atomic E-state index is 13.1. The summed E-state index contributed by atoms with van der Waals surface area (Å²) in [5.41, 5.74) is 4.88. The zero-order valence-electron chi connectivity index (χ0n) is 20.9. The SMILES string of the molecule is Cc1ccc(-c2nc3ccc(C(F)(F)F)cc3[nH]2)cc1-c1ccc2nc(NCCN3CCCC3)ncc2c1. The number of likely N-dealkylation sites (tertiary alicyclic amines) is 1. The van der Waals surface area contributed by atoms with Gasteiger partial charge in [0.2, 0.25) is 5.95 Å². The largest absolute Gasteiger partial charge is 0.416 e. The molecule has 0 bridgehead atoms. The lowest BCUT2D eigenvalue weighted by Crippen LogP contribution is -2.26. The normalized spacial score (nSPS) is 14.5. The van der Waals surface area contributed by atoms with E-state index in [0.29, 0.717) is 22.8 Å². The van der Waals surface area contributed by atoms with E-state index in [-0.39, 0.29) is 0 Å². The van der Waals surface area contributed by atoms with Gasteiger partial charge in [-0.3, -0.25) is 0 Å². The summed E-state index contributed by atoms with van der Waals surface area (Å²) in [6.45, 7) is 6.17. The van der Waals surface area contributed by atoms with E-state index in [2.05, 4.69) is 36.2 Å². The Morgan fingerprint density at radius 2 is 1.71 bits per heavy atom. The second-order valence-electron chi connectivity index (χ2n) is 9.79. The molecule has 2 N–H and O–H groups in total. The number of alkyl halides is 3. The van der Waals surface area contributed by atoms with Crippen LogP contribution < -0.4 is 5.32 Å². The van der Waals surface area contributed by atoms with Crippen LogP contribution in [0.1, 0.15) is 24.0 Å². The molecule has 3 aromatic carbocycles. The van der Waals surface area contributed by atoms with Crippen LogP contribution in [0.25, 0.3) is 44.5 Å². The maximum absolute atomic E-state index is 13.1. The van der Waals surface area contributed by atoms with Crippen molar-refractivity contribution in [2.75, 3.05) is 31.5 Å². The molecule has 0 atom stereocenters. The van der Waals surface area contributed by atoms with Gasteiger partial charge < -0.3 is 15.2 Å². The fourth-order valence-corrected chi connectivity index (χ4v) is 5.02. The third-order valence-corrected chi connectivity index (χ3v) is 7.12. The second-order valence-corrected chi connectivity index (χ2v) is 9.79. The minimum atomic E-state index is -4.40. The molecule has 0 spiro atoms. The number of hydrogen-bond donors (Lipinski definition) is 2. The maximum Gasteiger partial charge on any atom is 0.416 e. The van der Waals surface area contributed by atoms with Gasteiger partial charge in [0.05, 0.1) is 22.1 Å². The van der Waals surface area contributed by atoms with Gasteiger partial charge in [0.15, 0.2) is 0 Å². The van der Waals surface area contributed by atoms with Crippen molar-refractivity contribution in [2.45, 2.75) is 25.9 Å². The molecule has 6 nitrogen and oxygen atoms in total. The monoisotopic (exact) mass is 516 g/mol. The summed E-state index contributed by atoms with van der Waals surface area (Å²) in [4.78, 5) is 19.2. The van der Waals surface area contributed by atoms with Crippen molar-refractivity contribution in [3.8, 4) is 22.5 Å². The summed E-state index contributed by atoms with van der Waals surface area (Å²) in [5, 5.41) is 4.26. The first-order valence-electron chi connectivity index (χ1n) is 12.7. The van der Waals surface area contributed by atoms with E-state index < -0.39 is 11.7 Å². The van der Waals surface area contributed by atoms with E-state index in [1.54, 1.807) is 0 Å². The molecule has 5 aromatic rings. The predicted octanol–water partition coefficient (Wildman–Crippen LogP) is 6.68. The van der Waals surface area contributed by atoms with E-state index in [4.69, 9.17) is 0 Å². The summed E-state index contributed by atoms with van der Waals surface area (Å²) in [5.74, 6) is 1.15. The minimum absolute atomic E-state index is 0.352. The Bertz CT molecular complexity index is 1620. The molecular formula is C29H27F3N6. The molecule has 2 aromatic heterocycles. The van der Waals surface area contributed by atoms with Gasteiger partial charge in [-0.05, 0) is 85.9 Å². The molecule has 0 aliphatic carbocycles. The Morgan fingerprint density at radius 3 is 2.53 bits per heavy atom. The van der Waals surface area contributed by atoms with E-state index in [0.717, 1.165) is 58.4 Å². The van der Waals surface area contributed by atoms with Crippen LogP contribution in [0.4, 0.5) is 19.1 Å². The second kappa shape index (κ2) is 9.72. The first-order chi connectivity index (χ1) is 18.3. The van der Waals surface area contributed by atoms with Gasteiger partial charge in [0, 0.05) is 30.2 Å². The van der Waals surface area contributed by atoms with Crippen molar-refractivity contribution >= 4 is 27.9 Å². The molecule has 1 saturated heterocycles. The lowest BCUT2D eigenvalue weighted by molar-refractivity contribution is -0.137. The molecule has 0 amide bonds. The standard InChI is InChI=1S/C29H27F3N6/c1-18-4-5-20(27-35-25-9-7-22(29(30,31)32)16-26(25)36-27)15-23(18)19-6-8-24-21(14-19)17-34-28(37-24)33-10-13-38-11-2-3-12-38/h4-9,14-17H,2-3,10-13H2,1H3,(H,35,36)(H,33,34,37). The Hall–Kier alpha value is -3.98. The number of H-pyrrole nitrogens is 1. The van der Waals surface area contributed by atoms with E-state index in [1.165, 1.54) is 32.0 Å².